The van der Waals surface area contributed by atoms with Crippen molar-refractivity contribution in [2.75, 3.05) is 14.2 Å². The number of methoxy groups -OCH3 is 2. The Hall–Kier alpha value is -1.67. The second kappa shape index (κ2) is 4.96. The highest BCUT2D eigenvalue weighted by Crippen LogP contribution is 2.44. The molecule has 0 amide bonds. The van der Waals surface area contributed by atoms with Crippen molar-refractivity contribution in [3.63, 3.8) is 0 Å². The number of fused-ring (bicyclic) bond motifs is 1. The summed E-state index contributed by atoms with van der Waals surface area (Å²) in [6, 6.07) is 1.48. The Morgan fingerprint density at radius 2 is 1.81 bits per heavy atom. The van der Waals surface area contributed by atoms with Gasteiger partial charge in [0, 0.05) is 0 Å². The molecule has 21 heavy (non-hydrogen) atoms. The number of carbonyl (C=O) groups is 2. The first kappa shape index (κ1) is 15.7. The minimum absolute atomic E-state index is 0.00281. The summed E-state index contributed by atoms with van der Waals surface area (Å²) in [6.45, 7) is 1.64. The number of nitrogens with zero attached hydrogens (tertiary/aromatic N) is 1. The average Bonchev–Trinajstić information content (AvgIpc) is 2.65. The largest absolute Gasteiger partial charge is 0.467 e. The molecule has 0 radical (unpaired) electrons. The summed E-state index contributed by atoms with van der Waals surface area (Å²) >= 11 is 5.90. The summed E-state index contributed by atoms with van der Waals surface area (Å²) in [5.74, 6) is -3.04. The van der Waals surface area contributed by atoms with Gasteiger partial charge in [-0.05, 0) is 18.1 Å². The third kappa shape index (κ3) is 1.93. The minimum Gasteiger partial charge on any atom is -0.467 e. The lowest BCUT2D eigenvalue weighted by molar-refractivity contribution is -0.156. The van der Waals surface area contributed by atoms with E-state index in [1.165, 1.54) is 6.07 Å². The molecule has 1 aromatic heterocycles. The van der Waals surface area contributed by atoms with Gasteiger partial charge in [0.25, 0.3) is 0 Å². The predicted molar refractivity (Wildman–Crippen MR) is 72.3 cm³/mol. The summed E-state index contributed by atoms with van der Waals surface area (Å²) in [6.07, 6.45) is 0. The Kier molecular flexibility index (Phi) is 3.71. The molecule has 0 bridgehead atoms. The third-order valence-corrected chi connectivity index (χ3v) is 5.85. The molecular formula is C12H12ClNO6S. The zero-order valence-electron chi connectivity index (χ0n) is 11.5. The second-order valence-electron chi connectivity index (χ2n) is 4.53. The smallest absolute Gasteiger partial charge is 0.345 e. The molecule has 114 valence electrons. The van der Waals surface area contributed by atoms with Crippen molar-refractivity contribution in [3.05, 3.63) is 28.0 Å². The van der Waals surface area contributed by atoms with Crippen LogP contribution in [0.1, 0.15) is 16.8 Å². The van der Waals surface area contributed by atoms with Gasteiger partial charge in [-0.3, -0.25) is 0 Å². The topological polar surface area (TPSA) is 99.6 Å². The Morgan fingerprint density at radius 1 is 1.29 bits per heavy atom. The molecule has 0 unspecified atom stereocenters. The van der Waals surface area contributed by atoms with Crippen LogP contribution in [-0.4, -0.2) is 39.6 Å². The molecule has 0 fully saturated rings. The van der Waals surface area contributed by atoms with E-state index in [1.54, 1.807) is 6.92 Å². The number of sulfone groups is 1. The van der Waals surface area contributed by atoms with Crippen LogP contribution in [-0.2, 0) is 39.4 Å². The van der Waals surface area contributed by atoms with Gasteiger partial charge in [-0.1, -0.05) is 17.7 Å². The van der Waals surface area contributed by atoms with E-state index in [0.717, 1.165) is 14.2 Å². The van der Waals surface area contributed by atoms with Crippen LogP contribution in [0.3, 0.4) is 0 Å². The van der Waals surface area contributed by atoms with Crippen molar-refractivity contribution in [1.29, 1.82) is 0 Å². The Morgan fingerprint density at radius 3 is 2.29 bits per heavy atom. The molecule has 0 aliphatic carbocycles. The van der Waals surface area contributed by atoms with E-state index in [9.17, 15) is 18.0 Å². The number of carbonyl (C=O) groups excluding carboxylic acids is 2. The van der Waals surface area contributed by atoms with E-state index in [0.29, 0.717) is 5.56 Å². The highest BCUT2D eigenvalue weighted by molar-refractivity contribution is 7.93. The minimum atomic E-state index is -4.23. The zero-order valence-corrected chi connectivity index (χ0v) is 13.0. The van der Waals surface area contributed by atoms with Crippen molar-refractivity contribution in [2.45, 2.75) is 17.4 Å². The summed E-state index contributed by atoms with van der Waals surface area (Å²) in [7, 11) is -2.27. The SMILES string of the molecule is COC(=O)C1(C(=O)OC)c2nc(Cl)c(C)cc2CS1(=O)=O. The van der Waals surface area contributed by atoms with Gasteiger partial charge >= 0.3 is 16.7 Å². The van der Waals surface area contributed by atoms with Crippen LogP contribution in [0.2, 0.25) is 5.15 Å². The van der Waals surface area contributed by atoms with E-state index in [4.69, 9.17) is 11.6 Å². The summed E-state index contributed by atoms with van der Waals surface area (Å²) < 4.78 is 31.4. The van der Waals surface area contributed by atoms with Gasteiger partial charge in [-0.25, -0.2) is 23.0 Å². The molecule has 0 saturated heterocycles. The van der Waals surface area contributed by atoms with Crippen LogP contribution in [0, 0.1) is 6.92 Å². The number of halogens is 1. The number of hydrogen-bond donors (Lipinski definition) is 0. The quantitative estimate of drug-likeness (QED) is 0.441. The van der Waals surface area contributed by atoms with E-state index in [1.807, 2.05) is 0 Å². The maximum absolute atomic E-state index is 12.5. The lowest BCUT2D eigenvalue weighted by Gasteiger charge is -2.22. The van der Waals surface area contributed by atoms with Crippen LogP contribution in [0.15, 0.2) is 6.07 Å². The molecule has 2 heterocycles. The fourth-order valence-corrected chi connectivity index (χ4v) is 4.47. The standard InChI is InChI=1S/C12H12ClNO6S/c1-6-4-7-5-21(17,18)12(10(15)19-2,11(16)20-3)8(7)14-9(6)13/h4H,5H2,1-3H3. The van der Waals surface area contributed by atoms with E-state index >= 15 is 0 Å². The number of esters is 2. The Balaban J connectivity index is 2.91. The number of aromatic nitrogens is 1. The highest BCUT2D eigenvalue weighted by atomic mass is 35.5. The van der Waals surface area contributed by atoms with Gasteiger partial charge in [0.05, 0.1) is 25.7 Å². The third-order valence-electron chi connectivity index (χ3n) is 3.32. The first-order chi connectivity index (χ1) is 9.72. The van der Waals surface area contributed by atoms with Gasteiger partial charge in [-0.2, -0.15) is 0 Å². The molecule has 9 heteroatoms. The molecule has 1 aliphatic rings. The number of hydrogen-bond acceptors (Lipinski definition) is 7. The monoisotopic (exact) mass is 333 g/mol. The number of rotatable bonds is 2. The predicted octanol–water partition coefficient (Wildman–Crippen LogP) is 0.513. The molecule has 0 N–H and O–H groups in total. The average molecular weight is 334 g/mol. The molecule has 0 saturated carbocycles. The molecule has 0 atom stereocenters. The molecule has 0 spiro atoms. The van der Waals surface area contributed by atoms with Gasteiger partial charge in [-0.15, -0.1) is 0 Å². The van der Waals surface area contributed by atoms with E-state index in [2.05, 4.69) is 14.5 Å². The Labute approximate surface area is 126 Å². The molecule has 1 aliphatic heterocycles. The van der Waals surface area contributed by atoms with Gasteiger partial charge in [0.2, 0.25) is 0 Å². The van der Waals surface area contributed by atoms with E-state index in [-0.39, 0.29) is 16.4 Å². The van der Waals surface area contributed by atoms with E-state index < -0.39 is 32.3 Å². The number of aryl methyl sites for hydroxylation is 1. The molecule has 2 rings (SSSR count). The van der Waals surface area contributed by atoms with Crippen LogP contribution in [0.25, 0.3) is 0 Å². The van der Waals surface area contributed by atoms with Crippen LogP contribution < -0.4 is 0 Å². The first-order valence-electron chi connectivity index (χ1n) is 5.78. The second-order valence-corrected chi connectivity index (χ2v) is 7.02. The zero-order chi connectivity index (χ0) is 16.0. The number of ether oxygens (including phenoxy) is 2. The fraction of sp³-hybridized carbons (Fsp3) is 0.417. The lowest BCUT2D eigenvalue weighted by atomic mass is 9.99. The van der Waals surface area contributed by atoms with Crippen LogP contribution in [0.5, 0.6) is 0 Å². The van der Waals surface area contributed by atoms with Crippen molar-refractivity contribution >= 4 is 33.4 Å². The van der Waals surface area contributed by atoms with Crippen molar-refractivity contribution < 1.29 is 27.5 Å². The van der Waals surface area contributed by atoms with Gasteiger partial charge in [0.1, 0.15) is 5.15 Å². The lowest BCUT2D eigenvalue weighted by Crippen LogP contribution is -2.49. The normalized spacial score (nSPS) is 17.9. The molecule has 1 aromatic rings. The summed E-state index contributed by atoms with van der Waals surface area (Å²) in [4.78, 5) is 28.2. The van der Waals surface area contributed by atoms with Crippen LogP contribution in [0.4, 0.5) is 0 Å². The van der Waals surface area contributed by atoms with Gasteiger partial charge < -0.3 is 9.47 Å². The highest BCUT2D eigenvalue weighted by Gasteiger charge is 2.66. The van der Waals surface area contributed by atoms with Crippen molar-refractivity contribution in [3.8, 4) is 0 Å². The number of pyridine rings is 1. The molecule has 7 nitrogen and oxygen atoms in total. The van der Waals surface area contributed by atoms with Crippen LogP contribution >= 0.6 is 11.6 Å². The fourth-order valence-electron chi connectivity index (χ4n) is 2.34. The van der Waals surface area contributed by atoms with Crippen molar-refractivity contribution in [1.82, 2.24) is 4.98 Å². The van der Waals surface area contributed by atoms with Gasteiger partial charge in [0.15, 0.2) is 9.84 Å². The maximum Gasteiger partial charge on any atom is 0.345 e. The Bertz CT molecular complexity index is 726. The maximum atomic E-state index is 12.5. The first-order valence-corrected chi connectivity index (χ1v) is 7.81. The molecular weight excluding hydrogens is 322 g/mol. The summed E-state index contributed by atoms with van der Waals surface area (Å²) in [5, 5.41) is 0.00281. The summed E-state index contributed by atoms with van der Waals surface area (Å²) in [5.41, 5.74) is 0.514. The van der Waals surface area contributed by atoms with Crippen molar-refractivity contribution in [2.24, 2.45) is 0 Å². The molecule has 0 aromatic carbocycles.